The Labute approximate surface area is 74.0 Å². The number of hydrogen-bond donors (Lipinski definition) is 1. The highest BCUT2D eigenvalue weighted by molar-refractivity contribution is 6.09. The second-order valence-corrected chi connectivity index (χ2v) is 2.20. The van der Waals surface area contributed by atoms with Crippen molar-refractivity contribution in [2.45, 2.75) is 12.8 Å². The summed E-state index contributed by atoms with van der Waals surface area (Å²) in [5.74, 6) is -2.56. The van der Waals surface area contributed by atoms with E-state index in [-0.39, 0.29) is 0 Å². The normalized spacial score (nSPS) is 9.85. The molecule has 13 heavy (non-hydrogen) atoms. The minimum Gasteiger partial charge on any atom is -0.481 e. The van der Waals surface area contributed by atoms with Gasteiger partial charge < -0.3 is 5.11 Å². The van der Waals surface area contributed by atoms with Crippen molar-refractivity contribution in [2.24, 2.45) is 0 Å². The summed E-state index contributed by atoms with van der Waals surface area (Å²) in [6, 6.07) is 0. The van der Waals surface area contributed by atoms with Gasteiger partial charge in [-0.15, -0.1) is 0 Å². The van der Waals surface area contributed by atoms with Crippen LogP contribution in [0.15, 0.2) is 12.2 Å². The van der Waals surface area contributed by atoms with E-state index in [1.54, 1.807) is 0 Å². The zero-order chi connectivity index (χ0) is 10.3. The SMILES string of the molecule is O=[C]/C=C\C(=O)CC(=O)CC(=O)O. The Morgan fingerprint density at radius 3 is 2.31 bits per heavy atom. The molecule has 1 radical (unpaired) electrons. The van der Waals surface area contributed by atoms with Crippen molar-refractivity contribution in [3.05, 3.63) is 12.2 Å². The standard InChI is InChI=1S/C8H7O5/c9-3-1-2-6(10)4-7(11)5-8(12)13/h1-2H,4-5H2,(H,12,13)/b2-1-. The third kappa shape index (κ3) is 6.61. The van der Waals surface area contributed by atoms with Crippen LogP contribution in [0.25, 0.3) is 0 Å². The van der Waals surface area contributed by atoms with E-state index in [4.69, 9.17) is 5.11 Å². The maximum Gasteiger partial charge on any atom is 0.310 e. The van der Waals surface area contributed by atoms with E-state index < -0.39 is 30.4 Å². The van der Waals surface area contributed by atoms with E-state index in [1.165, 1.54) is 6.29 Å². The van der Waals surface area contributed by atoms with Gasteiger partial charge in [-0.1, -0.05) is 0 Å². The molecule has 0 amide bonds. The van der Waals surface area contributed by atoms with Crippen LogP contribution in [0.1, 0.15) is 12.8 Å². The molecule has 0 unspecified atom stereocenters. The molecule has 0 bridgehead atoms. The number of ketones is 2. The number of Topliss-reactive ketones (excluding diaryl/α,β-unsaturated/α-hetero) is 1. The van der Waals surface area contributed by atoms with E-state index in [2.05, 4.69) is 0 Å². The Balaban J connectivity index is 3.92. The van der Waals surface area contributed by atoms with Gasteiger partial charge in [-0.3, -0.25) is 19.2 Å². The molecule has 0 aromatic heterocycles. The van der Waals surface area contributed by atoms with Crippen LogP contribution in [0.5, 0.6) is 0 Å². The Morgan fingerprint density at radius 1 is 1.23 bits per heavy atom. The highest BCUT2D eigenvalue weighted by Gasteiger charge is 2.10. The summed E-state index contributed by atoms with van der Waals surface area (Å²) >= 11 is 0. The monoisotopic (exact) mass is 183 g/mol. The van der Waals surface area contributed by atoms with Crippen LogP contribution < -0.4 is 0 Å². The Morgan fingerprint density at radius 2 is 1.85 bits per heavy atom. The molecule has 0 heterocycles. The fourth-order valence-electron chi connectivity index (χ4n) is 0.611. The van der Waals surface area contributed by atoms with Gasteiger partial charge >= 0.3 is 5.97 Å². The molecule has 69 valence electrons. The first-order valence-electron chi connectivity index (χ1n) is 3.37. The molecule has 0 saturated heterocycles. The average molecular weight is 183 g/mol. The molecule has 0 aliphatic heterocycles. The maximum atomic E-state index is 10.7. The maximum absolute atomic E-state index is 10.7. The first kappa shape index (κ1) is 11.2. The summed E-state index contributed by atoms with van der Waals surface area (Å²) in [6.45, 7) is 0. The first-order valence-corrected chi connectivity index (χ1v) is 3.37. The molecule has 0 aliphatic rings. The number of rotatable bonds is 6. The number of hydrogen-bond acceptors (Lipinski definition) is 4. The largest absolute Gasteiger partial charge is 0.481 e. The van der Waals surface area contributed by atoms with E-state index in [9.17, 15) is 19.2 Å². The summed E-state index contributed by atoms with van der Waals surface area (Å²) in [5, 5.41) is 8.16. The fourth-order valence-corrected chi connectivity index (χ4v) is 0.611. The zero-order valence-electron chi connectivity index (χ0n) is 6.65. The molecule has 0 saturated carbocycles. The first-order chi connectivity index (χ1) is 6.06. The minimum absolute atomic E-state index is 0.496. The summed E-state index contributed by atoms with van der Waals surface area (Å²) in [7, 11) is 0. The second-order valence-electron chi connectivity index (χ2n) is 2.20. The topological polar surface area (TPSA) is 88.5 Å². The molecule has 0 aliphatic carbocycles. The fraction of sp³-hybridized carbons (Fsp3) is 0.250. The van der Waals surface area contributed by atoms with Crippen LogP contribution in [0.3, 0.4) is 0 Å². The van der Waals surface area contributed by atoms with Gasteiger partial charge in [0.1, 0.15) is 6.42 Å². The van der Waals surface area contributed by atoms with Crippen molar-refractivity contribution in [3.63, 3.8) is 0 Å². The van der Waals surface area contributed by atoms with Gasteiger partial charge in [-0.25, -0.2) is 0 Å². The van der Waals surface area contributed by atoms with Crippen LogP contribution in [-0.4, -0.2) is 28.9 Å². The predicted molar refractivity (Wildman–Crippen MR) is 41.7 cm³/mol. The van der Waals surface area contributed by atoms with Gasteiger partial charge in [0, 0.05) is 0 Å². The number of carbonyl (C=O) groups excluding carboxylic acids is 3. The molecule has 0 atom stereocenters. The highest BCUT2D eigenvalue weighted by Crippen LogP contribution is 1.92. The van der Waals surface area contributed by atoms with E-state index >= 15 is 0 Å². The molecule has 5 nitrogen and oxygen atoms in total. The molecular formula is C8H7O5. The number of aliphatic carboxylic acids is 1. The molecule has 0 aromatic carbocycles. The van der Waals surface area contributed by atoms with Gasteiger partial charge in [0.15, 0.2) is 11.6 Å². The number of allylic oxidation sites excluding steroid dienone is 2. The molecule has 5 heteroatoms. The Bertz CT molecular complexity index is 264. The van der Waals surface area contributed by atoms with Gasteiger partial charge in [-0.2, -0.15) is 0 Å². The van der Waals surface area contributed by atoms with Gasteiger partial charge in [0.25, 0.3) is 0 Å². The highest BCUT2D eigenvalue weighted by atomic mass is 16.4. The van der Waals surface area contributed by atoms with Crippen LogP contribution in [0.4, 0.5) is 0 Å². The van der Waals surface area contributed by atoms with E-state index in [1.807, 2.05) is 0 Å². The Kier molecular flexibility index (Phi) is 5.02. The van der Waals surface area contributed by atoms with Crippen molar-refractivity contribution >= 4 is 23.8 Å². The van der Waals surface area contributed by atoms with E-state index in [0.717, 1.165) is 12.2 Å². The lowest BCUT2D eigenvalue weighted by Crippen LogP contribution is -2.10. The molecule has 1 N–H and O–H groups in total. The van der Waals surface area contributed by atoms with Crippen molar-refractivity contribution < 1.29 is 24.3 Å². The van der Waals surface area contributed by atoms with Crippen LogP contribution >= 0.6 is 0 Å². The molecule has 0 aromatic rings. The zero-order valence-corrected chi connectivity index (χ0v) is 6.65. The number of carbonyl (C=O) groups is 3. The van der Waals surface area contributed by atoms with Gasteiger partial charge in [-0.05, 0) is 12.2 Å². The lowest BCUT2D eigenvalue weighted by Gasteiger charge is -1.91. The van der Waals surface area contributed by atoms with Crippen molar-refractivity contribution in [3.8, 4) is 0 Å². The van der Waals surface area contributed by atoms with Gasteiger partial charge in [0.05, 0.1) is 6.42 Å². The average Bonchev–Trinajstić information content (AvgIpc) is 1.98. The van der Waals surface area contributed by atoms with Crippen molar-refractivity contribution in [1.82, 2.24) is 0 Å². The molecule has 0 rings (SSSR count). The third-order valence-electron chi connectivity index (χ3n) is 1.06. The smallest absolute Gasteiger partial charge is 0.310 e. The predicted octanol–water partition coefficient (Wildman–Crippen LogP) is -0.345. The van der Waals surface area contributed by atoms with Gasteiger partial charge in [0.2, 0.25) is 6.29 Å². The van der Waals surface area contributed by atoms with Crippen LogP contribution in [0, 0.1) is 0 Å². The number of carboxylic acids is 1. The molecular weight excluding hydrogens is 176 g/mol. The van der Waals surface area contributed by atoms with E-state index in [0.29, 0.717) is 0 Å². The number of carboxylic acid groups (broad SMARTS) is 1. The minimum atomic E-state index is -1.27. The Hall–Kier alpha value is -1.78. The molecule has 0 fully saturated rings. The summed E-state index contributed by atoms with van der Waals surface area (Å²) in [6.07, 6.45) is 1.87. The summed E-state index contributed by atoms with van der Waals surface area (Å²) < 4.78 is 0. The summed E-state index contributed by atoms with van der Waals surface area (Å²) in [5.41, 5.74) is 0. The quantitative estimate of drug-likeness (QED) is 0.449. The van der Waals surface area contributed by atoms with Crippen LogP contribution in [0.2, 0.25) is 0 Å². The van der Waals surface area contributed by atoms with Crippen LogP contribution in [-0.2, 0) is 19.2 Å². The van der Waals surface area contributed by atoms with Crippen molar-refractivity contribution in [2.75, 3.05) is 0 Å². The molecule has 0 spiro atoms. The third-order valence-corrected chi connectivity index (χ3v) is 1.06. The lowest BCUT2D eigenvalue weighted by molar-refractivity contribution is -0.140. The van der Waals surface area contributed by atoms with Crippen molar-refractivity contribution in [1.29, 1.82) is 0 Å². The lowest BCUT2D eigenvalue weighted by atomic mass is 10.1. The second kappa shape index (κ2) is 5.82. The summed E-state index contributed by atoms with van der Waals surface area (Å²) in [4.78, 5) is 41.0.